The average molecular weight is 259 g/mol. The SMILES string of the molecule is CCc1cc(OC)c(O)c(C(=O)C(=O)O)c1Cl. The van der Waals surface area contributed by atoms with E-state index in [0.29, 0.717) is 12.0 Å². The molecule has 0 saturated heterocycles. The molecule has 0 unspecified atom stereocenters. The van der Waals surface area contributed by atoms with Gasteiger partial charge in [0.2, 0.25) is 0 Å². The van der Waals surface area contributed by atoms with Gasteiger partial charge in [-0.25, -0.2) is 4.79 Å². The first-order chi connectivity index (χ1) is 7.93. The number of rotatable bonds is 4. The van der Waals surface area contributed by atoms with Crippen LogP contribution in [0.4, 0.5) is 0 Å². The Kier molecular flexibility index (Phi) is 3.96. The highest BCUT2D eigenvalue weighted by atomic mass is 35.5. The molecule has 0 aliphatic carbocycles. The minimum Gasteiger partial charge on any atom is -0.504 e. The van der Waals surface area contributed by atoms with Gasteiger partial charge in [-0.05, 0) is 18.1 Å². The summed E-state index contributed by atoms with van der Waals surface area (Å²) in [6.45, 7) is 1.78. The first kappa shape index (κ1) is 13.3. The van der Waals surface area contributed by atoms with E-state index in [2.05, 4.69) is 0 Å². The monoisotopic (exact) mass is 258 g/mol. The van der Waals surface area contributed by atoms with Gasteiger partial charge in [0.25, 0.3) is 5.78 Å². The lowest BCUT2D eigenvalue weighted by Gasteiger charge is -2.12. The van der Waals surface area contributed by atoms with Crippen LogP contribution < -0.4 is 4.74 Å². The van der Waals surface area contributed by atoms with E-state index in [1.165, 1.54) is 13.2 Å². The molecule has 0 aromatic heterocycles. The van der Waals surface area contributed by atoms with Crippen LogP contribution in [0.1, 0.15) is 22.8 Å². The zero-order valence-corrected chi connectivity index (χ0v) is 10.0. The van der Waals surface area contributed by atoms with E-state index in [9.17, 15) is 14.7 Å². The largest absolute Gasteiger partial charge is 0.504 e. The second-order valence-corrected chi connectivity index (χ2v) is 3.64. The van der Waals surface area contributed by atoms with E-state index in [-0.39, 0.29) is 10.8 Å². The van der Waals surface area contributed by atoms with Crippen molar-refractivity contribution >= 4 is 23.4 Å². The Balaban J connectivity index is 3.56. The van der Waals surface area contributed by atoms with Gasteiger partial charge in [-0.15, -0.1) is 0 Å². The zero-order chi connectivity index (χ0) is 13.2. The lowest BCUT2D eigenvalue weighted by molar-refractivity contribution is -0.131. The van der Waals surface area contributed by atoms with E-state index in [4.69, 9.17) is 21.4 Å². The molecule has 1 aromatic rings. The number of carbonyl (C=O) groups excluding carboxylic acids is 1. The van der Waals surface area contributed by atoms with Gasteiger partial charge in [-0.3, -0.25) is 4.79 Å². The number of Topliss-reactive ketones (excluding diaryl/α,β-unsaturated/α-hetero) is 1. The first-order valence-corrected chi connectivity index (χ1v) is 5.17. The van der Waals surface area contributed by atoms with Crippen molar-refractivity contribution in [3.05, 3.63) is 22.2 Å². The fourth-order valence-electron chi connectivity index (χ4n) is 1.40. The smallest absolute Gasteiger partial charge is 0.377 e. The number of halogens is 1. The number of carboxylic acids is 1. The molecule has 0 radical (unpaired) electrons. The van der Waals surface area contributed by atoms with Gasteiger partial charge in [-0.1, -0.05) is 18.5 Å². The normalized spacial score (nSPS) is 10.1. The van der Waals surface area contributed by atoms with Gasteiger partial charge in [0, 0.05) is 0 Å². The Hall–Kier alpha value is -1.75. The van der Waals surface area contributed by atoms with Crippen LogP contribution in [0.3, 0.4) is 0 Å². The molecule has 0 saturated carbocycles. The summed E-state index contributed by atoms with van der Waals surface area (Å²) in [5.74, 6) is -3.48. The number of aromatic hydroxyl groups is 1. The summed E-state index contributed by atoms with van der Waals surface area (Å²) < 4.78 is 4.86. The Morgan fingerprint density at radius 3 is 2.47 bits per heavy atom. The van der Waals surface area contributed by atoms with Crippen LogP contribution >= 0.6 is 11.6 Å². The number of aryl methyl sites for hydroxylation is 1. The number of ketones is 1. The molecule has 1 rings (SSSR count). The second kappa shape index (κ2) is 5.05. The molecule has 17 heavy (non-hydrogen) atoms. The van der Waals surface area contributed by atoms with Crippen molar-refractivity contribution in [1.29, 1.82) is 0 Å². The molecule has 5 nitrogen and oxygen atoms in total. The number of methoxy groups -OCH3 is 1. The number of hydrogen-bond acceptors (Lipinski definition) is 4. The van der Waals surface area contributed by atoms with Crippen LogP contribution in [-0.4, -0.2) is 29.1 Å². The Morgan fingerprint density at radius 1 is 1.47 bits per heavy atom. The molecule has 1 aromatic carbocycles. The third-order valence-corrected chi connectivity index (χ3v) is 2.73. The van der Waals surface area contributed by atoms with Crippen LogP contribution in [0.15, 0.2) is 6.07 Å². The van der Waals surface area contributed by atoms with Gasteiger partial charge in [-0.2, -0.15) is 0 Å². The number of phenols is 1. The molecule has 2 N–H and O–H groups in total. The number of aliphatic carboxylic acids is 1. The maximum absolute atomic E-state index is 11.4. The third kappa shape index (κ3) is 2.34. The van der Waals surface area contributed by atoms with Crippen molar-refractivity contribution in [2.45, 2.75) is 13.3 Å². The highest BCUT2D eigenvalue weighted by Crippen LogP contribution is 2.38. The van der Waals surface area contributed by atoms with Gasteiger partial charge in [0.05, 0.1) is 17.7 Å². The molecule has 0 bridgehead atoms. The van der Waals surface area contributed by atoms with Crippen LogP contribution in [0.25, 0.3) is 0 Å². The van der Waals surface area contributed by atoms with E-state index in [1.54, 1.807) is 6.92 Å². The molecule has 0 aliphatic rings. The molecule has 0 spiro atoms. The van der Waals surface area contributed by atoms with E-state index >= 15 is 0 Å². The summed E-state index contributed by atoms with van der Waals surface area (Å²) in [4.78, 5) is 22.1. The maximum atomic E-state index is 11.4. The summed E-state index contributed by atoms with van der Waals surface area (Å²) >= 11 is 5.88. The fourth-order valence-corrected chi connectivity index (χ4v) is 1.77. The number of phenolic OH excluding ortho intramolecular Hbond substituents is 1. The molecule has 92 valence electrons. The Labute approximate surface area is 103 Å². The summed E-state index contributed by atoms with van der Waals surface area (Å²) in [6, 6.07) is 1.47. The van der Waals surface area contributed by atoms with Crippen LogP contribution in [0.2, 0.25) is 5.02 Å². The molecule has 0 aliphatic heterocycles. The van der Waals surface area contributed by atoms with Gasteiger partial charge in [0.1, 0.15) is 0 Å². The number of ether oxygens (including phenoxy) is 1. The predicted octanol–water partition coefficient (Wildman–Crippen LogP) is 1.88. The second-order valence-electron chi connectivity index (χ2n) is 3.26. The van der Waals surface area contributed by atoms with Gasteiger partial charge < -0.3 is 14.9 Å². The average Bonchev–Trinajstić information content (AvgIpc) is 2.29. The van der Waals surface area contributed by atoms with E-state index in [1.807, 2.05) is 0 Å². The topological polar surface area (TPSA) is 83.8 Å². The molecule has 6 heteroatoms. The van der Waals surface area contributed by atoms with E-state index < -0.39 is 23.1 Å². The molecular weight excluding hydrogens is 248 g/mol. The summed E-state index contributed by atoms with van der Waals surface area (Å²) in [6.07, 6.45) is 0.482. The molecule has 0 heterocycles. The Morgan fingerprint density at radius 2 is 2.06 bits per heavy atom. The number of carbonyl (C=O) groups is 2. The summed E-state index contributed by atoms with van der Waals surface area (Å²) in [7, 11) is 1.30. The lowest BCUT2D eigenvalue weighted by Crippen LogP contribution is -2.14. The fraction of sp³-hybridized carbons (Fsp3) is 0.273. The van der Waals surface area contributed by atoms with Gasteiger partial charge >= 0.3 is 5.97 Å². The molecule has 0 atom stereocenters. The number of benzene rings is 1. The van der Waals surface area contributed by atoms with Crippen molar-refractivity contribution in [2.24, 2.45) is 0 Å². The highest BCUT2D eigenvalue weighted by Gasteiger charge is 2.26. The van der Waals surface area contributed by atoms with Crippen molar-refractivity contribution in [3.63, 3.8) is 0 Å². The van der Waals surface area contributed by atoms with Crippen LogP contribution in [0, 0.1) is 0 Å². The minimum atomic E-state index is -1.68. The predicted molar refractivity (Wildman–Crippen MR) is 61.0 cm³/mol. The lowest BCUT2D eigenvalue weighted by atomic mass is 10.0. The molecule has 0 fully saturated rings. The number of hydrogen-bond donors (Lipinski definition) is 2. The maximum Gasteiger partial charge on any atom is 0.377 e. The molecule has 0 amide bonds. The molecular formula is C11H11ClO5. The summed E-state index contributed by atoms with van der Waals surface area (Å²) in [5, 5.41) is 18.3. The first-order valence-electron chi connectivity index (χ1n) is 4.79. The van der Waals surface area contributed by atoms with Gasteiger partial charge in [0.15, 0.2) is 11.5 Å². The summed E-state index contributed by atoms with van der Waals surface area (Å²) in [5.41, 5.74) is 0.0984. The highest BCUT2D eigenvalue weighted by molar-refractivity contribution is 6.46. The minimum absolute atomic E-state index is 0.0239. The van der Waals surface area contributed by atoms with Crippen molar-refractivity contribution in [1.82, 2.24) is 0 Å². The standard InChI is InChI=1S/C11H11ClO5/c1-3-5-4-6(17-2)9(13)7(8(5)12)10(14)11(15)16/h4,13H,3H2,1-2H3,(H,15,16). The number of carboxylic acid groups (broad SMARTS) is 1. The van der Waals surface area contributed by atoms with Crippen molar-refractivity contribution < 1.29 is 24.5 Å². The zero-order valence-electron chi connectivity index (χ0n) is 9.28. The van der Waals surface area contributed by atoms with Crippen molar-refractivity contribution in [2.75, 3.05) is 7.11 Å². The van der Waals surface area contributed by atoms with E-state index in [0.717, 1.165) is 0 Å². The quantitative estimate of drug-likeness (QED) is 0.636. The Bertz CT molecular complexity index is 453. The third-order valence-electron chi connectivity index (χ3n) is 2.30. The van der Waals surface area contributed by atoms with Crippen LogP contribution in [-0.2, 0) is 11.2 Å². The van der Waals surface area contributed by atoms with Crippen LogP contribution in [0.5, 0.6) is 11.5 Å². The van der Waals surface area contributed by atoms with Crippen molar-refractivity contribution in [3.8, 4) is 11.5 Å².